The minimum absolute atomic E-state index is 0.532. The average molecular weight is 431 g/mol. The van der Waals surface area contributed by atoms with Crippen LogP contribution in [0, 0.1) is 0 Å². The van der Waals surface area contributed by atoms with Gasteiger partial charge in [0.25, 0.3) is 0 Å². The minimum atomic E-state index is -2.58. The molecule has 5 nitrogen and oxygen atoms in total. The van der Waals surface area contributed by atoms with Gasteiger partial charge in [-0.3, -0.25) is 0 Å². The predicted octanol–water partition coefficient (Wildman–Crippen LogP) is 5.45. The van der Waals surface area contributed by atoms with Crippen LogP contribution in [0.25, 0.3) is 0 Å². The van der Waals surface area contributed by atoms with Gasteiger partial charge < -0.3 is 22.8 Å². The summed E-state index contributed by atoms with van der Waals surface area (Å²) in [6, 6.07) is 17.3. The molecule has 0 spiro atoms. The molecule has 164 valence electrons. The molecular weight excluding hydrogens is 396 g/mol. The zero-order chi connectivity index (χ0) is 21.5. The molecule has 2 aromatic carbocycles. The Labute approximate surface area is 181 Å². The molecule has 1 atom stereocenters. The Bertz CT molecular complexity index is 780. The molecule has 0 fully saturated rings. The van der Waals surface area contributed by atoms with Gasteiger partial charge in [-0.15, -0.1) is 0 Å². The Morgan fingerprint density at radius 3 is 2.23 bits per heavy atom. The fourth-order valence-corrected chi connectivity index (χ4v) is 6.46. The molecule has 0 N–H and O–H groups in total. The van der Waals surface area contributed by atoms with E-state index in [2.05, 4.69) is 18.2 Å². The van der Waals surface area contributed by atoms with Crippen molar-refractivity contribution in [3.05, 3.63) is 65.2 Å². The van der Waals surface area contributed by atoms with Gasteiger partial charge in [0.05, 0.1) is 6.61 Å². The zero-order valence-electron chi connectivity index (χ0n) is 18.6. The predicted molar refractivity (Wildman–Crippen MR) is 119 cm³/mol. The van der Waals surface area contributed by atoms with Crippen molar-refractivity contribution in [1.82, 2.24) is 0 Å². The first-order valence-electron chi connectivity index (χ1n) is 11.0. The number of hydrogen-bond donors (Lipinski definition) is 0. The first-order valence-corrected chi connectivity index (χ1v) is 12.9. The Balaban J connectivity index is 1.63. The van der Waals surface area contributed by atoms with Crippen molar-refractivity contribution in [3.8, 4) is 5.75 Å². The van der Waals surface area contributed by atoms with Crippen LogP contribution < -0.4 is 4.74 Å². The van der Waals surface area contributed by atoms with Crippen LogP contribution in [0.2, 0.25) is 6.04 Å². The van der Waals surface area contributed by atoms with Crippen molar-refractivity contribution < 1.29 is 22.8 Å². The van der Waals surface area contributed by atoms with Crippen LogP contribution in [-0.4, -0.2) is 28.6 Å². The maximum atomic E-state index is 6.24. The molecule has 2 aromatic rings. The first kappa shape index (κ1) is 23.0. The molecular formula is C24H34O5Si. The summed E-state index contributed by atoms with van der Waals surface area (Å²) in [5, 5.41) is 0. The topological polar surface area (TPSA) is 46.2 Å². The number of fused-ring (bicyclic) bond motifs is 1. The maximum absolute atomic E-state index is 6.24. The van der Waals surface area contributed by atoms with Crippen molar-refractivity contribution in [3.63, 3.8) is 0 Å². The van der Waals surface area contributed by atoms with E-state index < -0.39 is 14.6 Å². The van der Waals surface area contributed by atoms with E-state index in [0.29, 0.717) is 26.4 Å². The van der Waals surface area contributed by atoms with Crippen LogP contribution >= 0.6 is 0 Å². The van der Waals surface area contributed by atoms with Crippen molar-refractivity contribution in [1.29, 1.82) is 0 Å². The highest BCUT2D eigenvalue weighted by molar-refractivity contribution is 6.60. The van der Waals surface area contributed by atoms with Gasteiger partial charge in [0, 0.05) is 43.9 Å². The molecule has 6 heteroatoms. The summed E-state index contributed by atoms with van der Waals surface area (Å²) in [5.74, 6) is 0.131. The number of benzene rings is 2. The van der Waals surface area contributed by atoms with E-state index in [1.165, 1.54) is 5.56 Å². The largest absolute Gasteiger partial charge is 0.500 e. The summed E-state index contributed by atoms with van der Waals surface area (Å²) in [6.45, 7) is 10.3. The highest BCUT2D eigenvalue weighted by atomic mass is 28.4. The Kier molecular flexibility index (Phi) is 8.08. The van der Waals surface area contributed by atoms with E-state index in [0.717, 1.165) is 35.8 Å². The number of aryl methyl sites for hydroxylation is 1. The molecule has 1 aliphatic heterocycles. The van der Waals surface area contributed by atoms with E-state index in [4.69, 9.17) is 22.8 Å². The molecule has 1 unspecified atom stereocenters. The third kappa shape index (κ3) is 5.50. The van der Waals surface area contributed by atoms with Crippen LogP contribution in [0.15, 0.2) is 48.5 Å². The van der Waals surface area contributed by atoms with Gasteiger partial charge in [-0.25, -0.2) is 0 Å². The number of ether oxygens (including phenoxy) is 2. The molecule has 0 bridgehead atoms. The molecule has 1 aliphatic rings. The van der Waals surface area contributed by atoms with Crippen LogP contribution in [0.3, 0.4) is 0 Å². The van der Waals surface area contributed by atoms with Crippen LogP contribution in [0.1, 0.15) is 50.8 Å². The quantitative estimate of drug-likeness (QED) is 0.444. The molecule has 0 saturated carbocycles. The van der Waals surface area contributed by atoms with Gasteiger partial charge >= 0.3 is 8.80 Å². The summed E-state index contributed by atoms with van der Waals surface area (Å²) < 4.78 is 30.2. The molecule has 3 rings (SSSR count). The standard InChI is InChI=1S/C24H34O5Si/c1-5-26-30(27-6-2,28-7-3)17-11-12-20-15-16-23-21(18-20)19-25-24(4,29-23)22-13-9-8-10-14-22/h8-10,13-16,18H,5-7,11-12,17,19H2,1-4H3. The molecule has 30 heavy (non-hydrogen) atoms. The lowest BCUT2D eigenvalue weighted by molar-refractivity contribution is -0.201. The third-order valence-electron chi connectivity index (χ3n) is 5.27. The molecule has 1 heterocycles. The summed E-state index contributed by atoms with van der Waals surface area (Å²) in [6.07, 6.45) is 1.89. The third-order valence-corrected chi connectivity index (χ3v) is 8.42. The molecule has 0 radical (unpaired) electrons. The van der Waals surface area contributed by atoms with Gasteiger partial charge in [-0.05, 0) is 51.3 Å². The Morgan fingerprint density at radius 1 is 0.933 bits per heavy atom. The second kappa shape index (κ2) is 10.6. The van der Waals surface area contributed by atoms with E-state index in [1.807, 2.05) is 58.0 Å². The molecule has 0 saturated heterocycles. The highest BCUT2D eigenvalue weighted by Gasteiger charge is 2.39. The number of hydrogen-bond acceptors (Lipinski definition) is 5. The average Bonchev–Trinajstić information content (AvgIpc) is 2.75. The highest BCUT2D eigenvalue weighted by Crippen LogP contribution is 2.38. The number of rotatable bonds is 11. The van der Waals surface area contributed by atoms with Crippen LogP contribution in [0.4, 0.5) is 0 Å². The van der Waals surface area contributed by atoms with Crippen molar-refractivity contribution in [2.75, 3.05) is 19.8 Å². The lowest BCUT2D eigenvalue weighted by atomic mass is 10.0. The monoisotopic (exact) mass is 430 g/mol. The zero-order valence-corrected chi connectivity index (χ0v) is 19.6. The lowest BCUT2D eigenvalue weighted by Gasteiger charge is -2.36. The van der Waals surface area contributed by atoms with Gasteiger partial charge in [0.2, 0.25) is 5.79 Å². The second-order valence-corrected chi connectivity index (χ2v) is 10.2. The molecule has 0 aromatic heterocycles. The van der Waals surface area contributed by atoms with Crippen LogP contribution in [-0.2, 0) is 36.8 Å². The lowest BCUT2D eigenvalue weighted by Crippen LogP contribution is -2.46. The molecule has 0 amide bonds. The van der Waals surface area contributed by atoms with Gasteiger partial charge in [0.1, 0.15) is 5.75 Å². The van der Waals surface area contributed by atoms with Gasteiger partial charge in [-0.1, -0.05) is 36.4 Å². The maximum Gasteiger partial charge on any atom is 0.500 e. The van der Waals surface area contributed by atoms with Crippen molar-refractivity contribution in [2.45, 2.75) is 59.0 Å². The normalized spacial score (nSPS) is 18.7. The van der Waals surface area contributed by atoms with E-state index in [9.17, 15) is 0 Å². The van der Waals surface area contributed by atoms with E-state index >= 15 is 0 Å². The van der Waals surface area contributed by atoms with E-state index in [-0.39, 0.29) is 0 Å². The SMILES string of the molecule is CCO[Si](CCCc1ccc2c(c1)COC(C)(c1ccccc1)O2)(OCC)OCC. The summed E-state index contributed by atoms with van der Waals surface area (Å²) in [5.41, 5.74) is 3.37. The van der Waals surface area contributed by atoms with E-state index in [1.54, 1.807) is 0 Å². The Morgan fingerprint density at radius 2 is 1.60 bits per heavy atom. The first-order chi connectivity index (χ1) is 14.5. The fraction of sp³-hybridized carbons (Fsp3) is 0.500. The van der Waals surface area contributed by atoms with Crippen molar-refractivity contribution >= 4 is 8.80 Å². The fourth-order valence-electron chi connectivity index (χ4n) is 3.85. The minimum Gasteiger partial charge on any atom is -0.458 e. The summed E-state index contributed by atoms with van der Waals surface area (Å²) in [7, 11) is -2.58. The molecule has 0 aliphatic carbocycles. The smallest absolute Gasteiger partial charge is 0.458 e. The summed E-state index contributed by atoms with van der Waals surface area (Å²) >= 11 is 0. The van der Waals surface area contributed by atoms with Gasteiger partial charge in [-0.2, -0.15) is 0 Å². The van der Waals surface area contributed by atoms with Gasteiger partial charge in [0.15, 0.2) is 0 Å². The van der Waals surface area contributed by atoms with Crippen LogP contribution in [0.5, 0.6) is 5.75 Å². The second-order valence-electron chi connectivity index (χ2n) is 7.48. The van der Waals surface area contributed by atoms with Crippen molar-refractivity contribution in [2.24, 2.45) is 0 Å². The Hall–Kier alpha value is -1.70. The summed E-state index contributed by atoms with van der Waals surface area (Å²) in [4.78, 5) is 0.